The Balaban J connectivity index is 1.74. The minimum absolute atomic E-state index is 0.0135. The van der Waals surface area contributed by atoms with Crippen LogP contribution in [0.25, 0.3) is 11.1 Å². The quantitative estimate of drug-likeness (QED) is 0.894. The molecule has 142 valence electrons. The first-order valence-electron chi connectivity index (χ1n) is 8.93. The average molecular weight is 374 g/mol. The molecule has 1 aromatic carbocycles. The summed E-state index contributed by atoms with van der Waals surface area (Å²) in [5.41, 5.74) is 3.92. The predicted octanol–water partition coefficient (Wildman–Crippen LogP) is 3.47. The number of benzene rings is 1. The summed E-state index contributed by atoms with van der Waals surface area (Å²) in [4.78, 5) is 16.1. The third-order valence-corrected chi connectivity index (χ3v) is 5.00. The minimum Gasteiger partial charge on any atom is -0.374 e. The zero-order chi connectivity index (χ0) is 19.0. The number of alkyl halides is 2. The molecule has 2 aromatic rings. The number of hydrogen-bond donors (Lipinski definition) is 1. The van der Waals surface area contributed by atoms with E-state index in [9.17, 15) is 13.6 Å². The van der Waals surface area contributed by atoms with Crippen LogP contribution in [-0.2, 0) is 33.4 Å². The van der Waals surface area contributed by atoms with Gasteiger partial charge in [-0.25, -0.2) is 0 Å². The lowest BCUT2D eigenvalue weighted by Crippen LogP contribution is -2.34. The Morgan fingerprint density at radius 3 is 2.96 bits per heavy atom. The summed E-state index contributed by atoms with van der Waals surface area (Å²) < 4.78 is 38.8. The second kappa shape index (κ2) is 6.98. The van der Waals surface area contributed by atoms with E-state index in [1.165, 1.54) is 6.07 Å². The zero-order valence-corrected chi connectivity index (χ0v) is 14.9. The maximum atomic E-state index is 14.0. The number of carbonyl (C=O) groups is 1. The van der Waals surface area contributed by atoms with E-state index in [-0.39, 0.29) is 24.1 Å². The van der Waals surface area contributed by atoms with Crippen LogP contribution in [0.1, 0.15) is 41.6 Å². The molecule has 0 fully saturated rings. The summed E-state index contributed by atoms with van der Waals surface area (Å²) in [6, 6.07) is 4.61. The van der Waals surface area contributed by atoms with Gasteiger partial charge in [-0.1, -0.05) is 19.1 Å². The van der Waals surface area contributed by atoms with Gasteiger partial charge in [0.2, 0.25) is 5.91 Å². The molecule has 3 heterocycles. The largest absolute Gasteiger partial charge is 0.374 e. The molecule has 0 spiro atoms. The number of pyridine rings is 1. The van der Waals surface area contributed by atoms with Crippen LogP contribution in [0, 0.1) is 0 Å². The first-order chi connectivity index (χ1) is 13.0. The molecule has 7 heteroatoms. The Hall–Kier alpha value is -2.38. The summed E-state index contributed by atoms with van der Waals surface area (Å²) in [7, 11) is 0. The number of nitrogens with one attached hydrogen (secondary N) is 1. The second-order valence-electron chi connectivity index (χ2n) is 6.81. The summed E-state index contributed by atoms with van der Waals surface area (Å²) in [6.45, 7) is 2.13. The highest BCUT2D eigenvalue weighted by Gasteiger charge is 2.37. The van der Waals surface area contributed by atoms with E-state index in [0.29, 0.717) is 25.2 Å². The second-order valence-corrected chi connectivity index (χ2v) is 6.81. The lowest BCUT2D eigenvalue weighted by molar-refractivity contribution is -0.122. The van der Waals surface area contributed by atoms with Crippen molar-refractivity contribution in [2.45, 2.75) is 38.5 Å². The van der Waals surface area contributed by atoms with Crippen molar-refractivity contribution >= 4 is 5.91 Å². The number of aromatic nitrogens is 1. The highest BCUT2D eigenvalue weighted by molar-refractivity contribution is 5.76. The molecule has 1 N–H and O–H groups in total. The van der Waals surface area contributed by atoms with Gasteiger partial charge in [-0.2, -0.15) is 8.78 Å². The van der Waals surface area contributed by atoms with E-state index in [1.54, 1.807) is 31.5 Å². The summed E-state index contributed by atoms with van der Waals surface area (Å²) in [6.07, 6.45) is 3.82. The maximum Gasteiger partial charge on any atom is 0.296 e. The fourth-order valence-electron chi connectivity index (χ4n) is 3.60. The van der Waals surface area contributed by atoms with Crippen molar-refractivity contribution in [1.82, 2.24) is 10.3 Å². The molecule has 2 aliphatic heterocycles. The molecule has 0 bridgehead atoms. The first kappa shape index (κ1) is 18.0. The van der Waals surface area contributed by atoms with E-state index in [4.69, 9.17) is 9.47 Å². The fourth-order valence-corrected chi connectivity index (χ4v) is 3.60. The molecule has 0 radical (unpaired) electrons. The number of halogens is 2. The molecular weight excluding hydrogens is 354 g/mol. The Bertz CT molecular complexity index is 886. The Kier molecular flexibility index (Phi) is 4.65. The molecular formula is C20H20F2N2O3. The van der Waals surface area contributed by atoms with E-state index < -0.39 is 12.5 Å². The predicted molar refractivity (Wildman–Crippen MR) is 94.1 cm³/mol. The number of nitrogens with zero attached hydrogens (tertiary/aromatic N) is 1. The number of carbonyl (C=O) groups excluding carboxylic acids is 1. The van der Waals surface area contributed by atoms with Crippen molar-refractivity contribution in [1.29, 1.82) is 0 Å². The molecule has 0 aliphatic carbocycles. The van der Waals surface area contributed by atoms with E-state index in [1.807, 2.05) is 0 Å². The highest BCUT2D eigenvalue weighted by Crippen LogP contribution is 2.39. The van der Waals surface area contributed by atoms with Gasteiger partial charge in [-0.05, 0) is 22.8 Å². The average Bonchev–Trinajstić information content (AvgIpc) is 2.67. The molecule has 4 rings (SSSR count). The van der Waals surface area contributed by atoms with Crippen LogP contribution in [0.3, 0.4) is 0 Å². The van der Waals surface area contributed by atoms with E-state index >= 15 is 0 Å². The molecule has 5 nitrogen and oxygen atoms in total. The lowest BCUT2D eigenvalue weighted by atomic mass is 9.90. The van der Waals surface area contributed by atoms with Gasteiger partial charge >= 0.3 is 0 Å². The third-order valence-electron chi connectivity index (χ3n) is 5.00. The van der Waals surface area contributed by atoms with Gasteiger partial charge in [0.25, 0.3) is 5.92 Å². The van der Waals surface area contributed by atoms with E-state index in [2.05, 4.69) is 10.3 Å². The van der Waals surface area contributed by atoms with Crippen LogP contribution in [0.4, 0.5) is 8.78 Å². The normalized spacial score (nSPS) is 20.5. The van der Waals surface area contributed by atoms with Gasteiger partial charge in [0, 0.05) is 35.5 Å². The molecule has 1 atom stereocenters. The van der Waals surface area contributed by atoms with Crippen molar-refractivity contribution in [3.05, 3.63) is 52.8 Å². The van der Waals surface area contributed by atoms with Gasteiger partial charge < -0.3 is 14.8 Å². The Labute approximate surface area is 155 Å². The van der Waals surface area contributed by atoms with Crippen molar-refractivity contribution in [3.63, 3.8) is 0 Å². The number of fused-ring (bicyclic) bond motifs is 2. The van der Waals surface area contributed by atoms with Crippen molar-refractivity contribution in [2.75, 3.05) is 13.2 Å². The van der Waals surface area contributed by atoms with E-state index in [0.717, 1.165) is 22.3 Å². The van der Waals surface area contributed by atoms with Crippen LogP contribution >= 0.6 is 0 Å². The molecule has 2 aliphatic rings. The van der Waals surface area contributed by atoms with Crippen LogP contribution in [-0.4, -0.2) is 24.1 Å². The van der Waals surface area contributed by atoms with Crippen molar-refractivity contribution in [2.24, 2.45) is 0 Å². The van der Waals surface area contributed by atoms with Gasteiger partial charge in [0.15, 0.2) is 0 Å². The van der Waals surface area contributed by atoms with Gasteiger partial charge in [0.05, 0.1) is 25.9 Å². The maximum absolute atomic E-state index is 14.0. The zero-order valence-electron chi connectivity index (χ0n) is 14.9. The first-order valence-corrected chi connectivity index (χ1v) is 8.93. The smallest absolute Gasteiger partial charge is 0.296 e. The molecule has 0 saturated carbocycles. The van der Waals surface area contributed by atoms with Crippen LogP contribution in [0.15, 0.2) is 30.6 Å². The van der Waals surface area contributed by atoms with Gasteiger partial charge in [-0.15, -0.1) is 0 Å². The SMILES string of the molecule is CCC(=O)NC1COCc2c(-c3ccc4c(c3)COCC4(F)F)cncc21. The van der Waals surface area contributed by atoms with Crippen LogP contribution in [0.2, 0.25) is 0 Å². The minimum atomic E-state index is -2.97. The van der Waals surface area contributed by atoms with Gasteiger partial charge in [0.1, 0.15) is 6.61 Å². The van der Waals surface area contributed by atoms with Crippen molar-refractivity contribution in [3.8, 4) is 11.1 Å². The Morgan fingerprint density at radius 2 is 2.15 bits per heavy atom. The van der Waals surface area contributed by atoms with Crippen LogP contribution in [0.5, 0.6) is 0 Å². The summed E-state index contributed by atoms with van der Waals surface area (Å²) >= 11 is 0. The lowest BCUT2D eigenvalue weighted by Gasteiger charge is -2.29. The van der Waals surface area contributed by atoms with Crippen LogP contribution < -0.4 is 5.32 Å². The standard InChI is InChI=1S/C20H20F2N2O3/c1-2-19(25)24-18-10-26-9-16-14(6-23-7-15(16)18)12-3-4-17-13(5-12)8-27-11-20(17,21)22/h3-7,18H,2,8-11H2,1H3,(H,24,25). The monoisotopic (exact) mass is 374 g/mol. The Morgan fingerprint density at radius 1 is 1.30 bits per heavy atom. The number of ether oxygens (including phenoxy) is 2. The fraction of sp³-hybridized carbons (Fsp3) is 0.400. The van der Waals surface area contributed by atoms with Crippen molar-refractivity contribution < 1.29 is 23.0 Å². The summed E-state index contributed by atoms with van der Waals surface area (Å²) in [5.74, 6) is -3.03. The number of amides is 1. The number of hydrogen-bond acceptors (Lipinski definition) is 4. The third kappa shape index (κ3) is 3.33. The molecule has 0 saturated heterocycles. The number of rotatable bonds is 3. The van der Waals surface area contributed by atoms with Gasteiger partial charge in [-0.3, -0.25) is 9.78 Å². The topological polar surface area (TPSA) is 60.5 Å². The summed E-state index contributed by atoms with van der Waals surface area (Å²) in [5, 5.41) is 2.94. The molecule has 1 unspecified atom stereocenters. The molecule has 1 aromatic heterocycles. The molecule has 27 heavy (non-hydrogen) atoms. The molecule has 1 amide bonds. The highest BCUT2D eigenvalue weighted by atomic mass is 19.3.